The van der Waals surface area contributed by atoms with Crippen molar-refractivity contribution < 1.29 is 0 Å². The number of nitrogens with zero attached hydrogens (tertiary/aromatic N) is 2. The average Bonchev–Trinajstić information content (AvgIpc) is 2.93. The Hall–Kier alpha value is -1.18. The minimum atomic E-state index is 0.467. The van der Waals surface area contributed by atoms with Crippen molar-refractivity contribution in [1.29, 1.82) is 5.26 Å². The average molecular weight is 275 g/mol. The number of nitriles is 1. The molecule has 0 heterocycles. The maximum absolute atomic E-state index is 9.43. The lowest BCUT2D eigenvalue weighted by Gasteiger charge is -2.32. The van der Waals surface area contributed by atoms with Crippen LogP contribution < -0.4 is 10.6 Å². The fourth-order valence-corrected chi connectivity index (χ4v) is 3.65. The van der Waals surface area contributed by atoms with Gasteiger partial charge in [-0.3, -0.25) is 0 Å². The molecule has 0 radical (unpaired) electrons. The molecule has 1 aliphatic rings. The second-order valence-electron chi connectivity index (χ2n) is 5.07. The van der Waals surface area contributed by atoms with Gasteiger partial charge in [-0.05, 0) is 43.7 Å². The molecule has 4 heteroatoms. The van der Waals surface area contributed by atoms with Crippen molar-refractivity contribution in [3.05, 3.63) is 23.8 Å². The third kappa shape index (κ3) is 2.72. The minimum Gasteiger partial charge on any atom is -0.370 e. The topological polar surface area (TPSA) is 53.0 Å². The van der Waals surface area contributed by atoms with E-state index in [1.807, 2.05) is 24.5 Å². The SMILES string of the molecule is CSc1cccc(N(C)C2CCCC2CN)c1C#N. The van der Waals surface area contributed by atoms with Gasteiger partial charge in [0, 0.05) is 18.0 Å². The summed E-state index contributed by atoms with van der Waals surface area (Å²) >= 11 is 1.63. The summed E-state index contributed by atoms with van der Waals surface area (Å²) in [5.74, 6) is 0.550. The van der Waals surface area contributed by atoms with Crippen molar-refractivity contribution in [1.82, 2.24) is 0 Å². The second-order valence-corrected chi connectivity index (χ2v) is 5.92. The number of rotatable bonds is 4. The molecule has 2 rings (SSSR count). The quantitative estimate of drug-likeness (QED) is 0.859. The summed E-state index contributed by atoms with van der Waals surface area (Å²) in [4.78, 5) is 3.32. The smallest absolute Gasteiger partial charge is 0.103 e. The number of anilines is 1. The maximum Gasteiger partial charge on any atom is 0.103 e. The van der Waals surface area contributed by atoms with Gasteiger partial charge in [0.1, 0.15) is 6.07 Å². The van der Waals surface area contributed by atoms with Gasteiger partial charge in [0.15, 0.2) is 0 Å². The van der Waals surface area contributed by atoms with Crippen molar-refractivity contribution >= 4 is 17.4 Å². The zero-order valence-corrected chi connectivity index (χ0v) is 12.4. The normalized spacial score (nSPS) is 22.2. The molecule has 2 atom stereocenters. The highest BCUT2D eigenvalue weighted by atomic mass is 32.2. The molecule has 1 aromatic carbocycles. The number of hydrogen-bond donors (Lipinski definition) is 1. The van der Waals surface area contributed by atoms with Gasteiger partial charge in [-0.15, -0.1) is 11.8 Å². The van der Waals surface area contributed by atoms with E-state index in [0.29, 0.717) is 12.0 Å². The van der Waals surface area contributed by atoms with E-state index in [0.717, 1.165) is 22.7 Å². The molecule has 0 saturated heterocycles. The van der Waals surface area contributed by atoms with Crippen LogP contribution in [0.25, 0.3) is 0 Å². The zero-order valence-electron chi connectivity index (χ0n) is 11.6. The van der Waals surface area contributed by atoms with Crippen LogP contribution in [0.3, 0.4) is 0 Å². The van der Waals surface area contributed by atoms with Gasteiger partial charge < -0.3 is 10.6 Å². The molecule has 2 unspecified atom stereocenters. The Bertz CT molecular complexity index is 481. The van der Waals surface area contributed by atoms with E-state index in [-0.39, 0.29) is 0 Å². The lowest BCUT2D eigenvalue weighted by atomic mass is 10.0. The molecule has 19 heavy (non-hydrogen) atoms. The highest BCUT2D eigenvalue weighted by molar-refractivity contribution is 7.98. The molecular formula is C15H21N3S. The van der Waals surface area contributed by atoms with Crippen molar-refractivity contribution in [2.45, 2.75) is 30.2 Å². The second kappa shape index (κ2) is 6.31. The van der Waals surface area contributed by atoms with E-state index < -0.39 is 0 Å². The van der Waals surface area contributed by atoms with Crippen LogP contribution in [0.4, 0.5) is 5.69 Å². The Labute approximate surface area is 119 Å². The summed E-state index contributed by atoms with van der Waals surface area (Å²) in [6, 6.07) is 8.91. The monoisotopic (exact) mass is 275 g/mol. The molecule has 0 bridgehead atoms. The Kier molecular flexibility index (Phi) is 4.73. The Morgan fingerprint density at radius 3 is 2.89 bits per heavy atom. The van der Waals surface area contributed by atoms with Crippen LogP contribution in [0.15, 0.2) is 23.1 Å². The molecule has 102 valence electrons. The molecule has 1 aliphatic carbocycles. The van der Waals surface area contributed by atoms with Gasteiger partial charge in [-0.1, -0.05) is 12.5 Å². The fourth-order valence-electron chi connectivity index (χ4n) is 3.08. The minimum absolute atomic E-state index is 0.467. The maximum atomic E-state index is 9.43. The van der Waals surface area contributed by atoms with Crippen LogP contribution in [0, 0.1) is 17.2 Å². The van der Waals surface area contributed by atoms with Crippen molar-refractivity contribution in [3.8, 4) is 6.07 Å². The number of nitrogens with two attached hydrogens (primary N) is 1. The van der Waals surface area contributed by atoms with Gasteiger partial charge >= 0.3 is 0 Å². The molecule has 1 saturated carbocycles. The molecule has 0 spiro atoms. The first-order valence-corrected chi connectivity index (χ1v) is 7.95. The van der Waals surface area contributed by atoms with Crippen LogP contribution in [0.5, 0.6) is 0 Å². The van der Waals surface area contributed by atoms with Crippen LogP contribution in [-0.2, 0) is 0 Å². The van der Waals surface area contributed by atoms with E-state index in [1.54, 1.807) is 11.8 Å². The number of thioether (sulfide) groups is 1. The Balaban J connectivity index is 2.33. The third-order valence-corrected chi connectivity index (χ3v) is 4.92. The predicted molar refractivity (Wildman–Crippen MR) is 81.5 cm³/mol. The van der Waals surface area contributed by atoms with Gasteiger partial charge in [0.2, 0.25) is 0 Å². The molecular weight excluding hydrogens is 254 g/mol. The highest BCUT2D eigenvalue weighted by Crippen LogP contribution is 2.35. The summed E-state index contributed by atoms with van der Waals surface area (Å²) in [5, 5.41) is 9.43. The molecule has 0 aliphatic heterocycles. The molecule has 0 amide bonds. The molecule has 0 aromatic heterocycles. The van der Waals surface area contributed by atoms with Crippen molar-refractivity contribution in [2.75, 3.05) is 24.7 Å². The van der Waals surface area contributed by atoms with E-state index in [1.165, 1.54) is 19.3 Å². The number of hydrogen-bond acceptors (Lipinski definition) is 4. The first-order valence-electron chi connectivity index (χ1n) is 6.73. The summed E-state index contributed by atoms with van der Waals surface area (Å²) < 4.78 is 0. The summed E-state index contributed by atoms with van der Waals surface area (Å²) in [6.07, 6.45) is 5.63. The lowest BCUT2D eigenvalue weighted by molar-refractivity contribution is 0.474. The Morgan fingerprint density at radius 2 is 2.26 bits per heavy atom. The fraction of sp³-hybridized carbons (Fsp3) is 0.533. The third-order valence-electron chi connectivity index (χ3n) is 4.14. The van der Waals surface area contributed by atoms with E-state index in [4.69, 9.17) is 5.73 Å². The van der Waals surface area contributed by atoms with E-state index >= 15 is 0 Å². The van der Waals surface area contributed by atoms with E-state index in [9.17, 15) is 5.26 Å². The largest absolute Gasteiger partial charge is 0.370 e. The molecule has 3 nitrogen and oxygen atoms in total. The molecule has 1 aromatic rings. The first kappa shape index (κ1) is 14.2. The van der Waals surface area contributed by atoms with Crippen molar-refractivity contribution in [2.24, 2.45) is 11.7 Å². The number of benzene rings is 1. The standard InChI is InChI=1S/C15H21N3S/c1-18(13-6-3-5-11(13)9-16)14-7-4-8-15(19-2)12(14)10-17/h4,7-8,11,13H,3,5-6,9,16H2,1-2H3. The highest BCUT2D eigenvalue weighted by Gasteiger charge is 2.30. The lowest BCUT2D eigenvalue weighted by Crippen LogP contribution is -2.38. The van der Waals surface area contributed by atoms with Gasteiger partial charge in [0.05, 0.1) is 11.3 Å². The van der Waals surface area contributed by atoms with Crippen LogP contribution >= 0.6 is 11.8 Å². The van der Waals surface area contributed by atoms with Crippen molar-refractivity contribution in [3.63, 3.8) is 0 Å². The summed E-state index contributed by atoms with van der Waals surface area (Å²) in [6.45, 7) is 0.735. The van der Waals surface area contributed by atoms with Gasteiger partial charge in [-0.2, -0.15) is 5.26 Å². The van der Waals surface area contributed by atoms with Crippen LogP contribution in [0.2, 0.25) is 0 Å². The first-order chi connectivity index (χ1) is 9.22. The molecule has 1 fully saturated rings. The predicted octanol–water partition coefficient (Wildman–Crippen LogP) is 2.84. The Morgan fingerprint density at radius 1 is 1.47 bits per heavy atom. The van der Waals surface area contributed by atoms with Crippen LogP contribution in [0.1, 0.15) is 24.8 Å². The van der Waals surface area contributed by atoms with Gasteiger partial charge in [0.25, 0.3) is 0 Å². The molecule has 2 N–H and O–H groups in total. The van der Waals surface area contributed by atoms with E-state index in [2.05, 4.69) is 18.0 Å². The summed E-state index contributed by atoms with van der Waals surface area (Å²) in [7, 11) is 2.10. The summed E-state index contributed by atoms with van der Waals surface area (Å²) in [5.41, 5.74) is 7.70. The van der Waals surface area contributed by atoms with Gasteiger partial charge in [-0.25, -0.2) is 0 Å². The zero-order chi connectivity index (χ0) is 13.8. The van der Waals surface area contributed by atoms with Crippen LogP contribution in [-0.4, -0.2) is 25.9 Å².